The number of halogens is 1. The molecule has 1 aromatic carbocycles. The quantitative estimate of drug-likeness (QED) is 0.807. The highest BCUT2D eigenvalue weighted by atomic mass is 35.5. The molecule has 1 rings (SSSR count). The summed E-state index contributed by atoms with van der Waals surface area (Å²) in [5.74, 6) is -0.948. The van der Waals surface area contributed by atoms with E-state index in [-0.39, 0.29) is 17.7 Å². The van der Waals surface area contributed by atoms with Crippen molar-refractivity contribution >= 4 is 23.5 Å². The summed E-state index contributed by atoms with van der Waals surface area (Å²) in [5.41, 5.74) is 1.37. The second-order valence-electron chi connectivity index (χ2n) is 6.08. The van der Waals surface area contributed by atoms with Gasteiger partial charge in [0.2, 0.25) is 0 Å². The van der Waals surface area contributed by atoms with Crippen LogP contribution in [0, 0.1) is 12.3 Å². The van der Waals surface area contributed by atoms with E-state index in [0.717, 1.165) is 12.0 Å². The van der Waals surface area contributed by atoms with Crippen LogP contribution in [0.3, 0.4) is 0 Å². The van der Waals surface area contributed by atoms with Crippen molar-refractivity contribution in [3.05, 3.63) is 34.3 Å². The Hall–Kier alpha value is -1.55. The first-order chi connectivity index (χ1) is 9.69. The normalized spacial score (nSPS) is 11.2. The molecule has 0 aliphatic rings. The first-order valence-electron chi connectivity index (χ1n) is 6.97. The lowest BCUT2D eigenvalue weighted by Gasteiger charge is -2.23. The maximum Gasteiger partial charge on any atom is 0.303 e. The number of carbonyl (C=O) groups is 2. The van der Waals surface area contributed by atoms with Crippen LogP contribution < -0.4 is 5.32 Å². The summed E-state index contributed by atoms with van der Waals surface area (Å²) in [6.45, 7) is 6.41. The van der Waals surface area contributed by atoms with Crippen LogP contribution in [0.1, 0.15) is 49.0 Å². The van der Waals surface area contributed by atoms with Crippen molar-refractivity contribution in [3.8, 4) is 0 Å². The number of rotatable bonds is 7. The summed E-state index contributed by atoms with van der Waals surface area (Å²) in [7, 11) is 0. The fourth-order valence-electron chi connectivity index (χ4n) is 2.05. The molecule has 0 saturated carbocycles. The van der Waals surface area contributed by atoms with Gasteiger partial charge >= 0.3 is 5.97 Å². The predicted molar refractivity (Wildman–Crippen MR) is 83.8 cm³/mol. The lowest BCUT2D eigenvalue weighted by Crippen LogP contribution is -2.28. The molecule has 0 aromatic heterocycles. The molecule has 21 heavy (non-hydrogen) atoms. The van der Waals surface area contributed by atoms with Gasteiger partial charge < -0.3 is 10.4 Å². The van der Waals surface area contributed by atoms with E-state index in [1.165, 1.54) is 0 Å². The second kappa shape index (κ2) is 7.46. The summed E-state index contributed by atoms with van der Waals surface area (Å²) in [6, 6.07) is 5.23. The Balaban J connectivity index is 2.47. The third-order valence-corrected chi connectivity index (χ3v) is 3.63. The fourth-order valence-corrected chi connectivity index (χ4v) is 2.34. The van der Waals surface area contributed by atoms with Gasteiger partial charge in [-0.1, -0.05) is 25.4 Å². The summed E-state index contributed by atoms with van der Waals surface area (Å²) in [6.07, 6.45) is 1.47. The molecular weight excluding hydrogens is 290 g/mol. The van der Waals surface area contributed by atoms with E-state index < -0.39 is 5.97 Å². The highest BCUT2D eigenvalue weighted by Crippen LogP contribution is 2.26. The summed E-state index contributed by atoms with van der Waals surface area (Å²) in [4.78, 5) is 22.6. The summed E-state index contributed by atoms with van der Waals surface area (Å²) < 4.78 is 0. The lowest BCUT2D eigenvalue weighted by atomic mass is 9.84. The third-order valence-electron chi connectivity index (χ3n) is 3.41. The number of carboxylic acids is 1. The molecule has 0 aliphatic carbocycles. The minimum Gasteiger partial charge on any atom is -0.481 e. The highest BCUT2D eigenvalue weighted by Gasteiger charge is 2.19. The Kier molecular flexibility index (Phi) is 6.21. The number of carbonyl (C=O) groups excluding carboxylic acids is 1. The van der Waals surface area contributed by atoms with Crippen molar-refractivity contribution in [1.29, 1.82) is 0 Å². The van der Waals surface area contributed by atoms with Gasteiger partial charge in [-0.25, -0.2) is 0 Å². The van der Waals surface area contributed by atoms with Crippen LogP contribution in [0.5, 0.6) is 0 Å². The van der Waals surface area contributed by atoms with Gasteiger partial charge in [-0.2, -0.15) is 0 Å². The van der Waals surface area contributed by atoms with Gasteiger partial charge in [0.15, 0.2) is 0 Å². The van der Waals surface area contributed by atoms with Crippen molar-refractivity contribution in [2.75, 3.05) is 6.54 Å². The lowest BCUT2D eigenvalue weighted by molar-refractivity contribution is -0.137. The number of aliphatic carboxylic acids is 1. The maximum atomic E-state index is 12.0. The molecule has 0 fully saturated rings. The predicted octanol–water partition coefficient (Wildman–Crippen LogP) is 3.66. The van der Waals surface area contributed by atoms with Crippen LogP contribution in [0.25, 0.3) is 0 Å². The maximum absolute atomic E-state index is 12.0. The molecule has 1 amide bonds. The first kappa shape index (κ1) is 17.5. The van der Waals surface area contributed by atoms with Crippen LogP contribution >= 0.6 is 11.6 Å². The Labute approximate surface area is 130 Å². The molecule has 4 nitrogen and oxygen atoms in total. The first-order valence-corrected chi connectivity index (χ1v) is 7.35. The summed E-state index contributed by atoms with van der Waals surface area (Å²) >= 11 is 5.94. The van der Waals surface area contributed by atoms with Crippen LogP contribution in [0.15, 0.2) is 18.2 Å². The van der Waals surface area contributed by atoms with Crippen molar-refractivity contribution in [2.24, 2.45) is 5.41 Å². The molecule has 0 unspecified atom stereocenters. The minimum atomic E-state index is -0.790. The van der Waals surface area contributed by atoms with E-state index >= 15 is 0 Å². The van der Waals surface area contributed by atoms with Gasteiger partial charge in [-0.15, -0.1) is 0 Å². The van der Waals surface area contributed by atoms with Crippen LogP contribution in [0.4, 0.5) is 0 Å². The largest absolute Gasteiger partial charge is 0.481 e. The van der Waals surface area contributed by atoms with Crippen molar-refractivity contribution in [2.45, 2.75) is 40.0 Å². The molecule has 0 aliphatic heterocycles. The van der Waals surface area contributed by atoms with E-state index in [1.807, 2.05) is 20.8 Å². The molecule has 0 spiro atoms. The summed E-state index contributed by atoms with van der Waals surface area (Å²) in [5, 5.41) is 12.1. The monoisotopic (exact) mass is 311 g/mol. The number of nitrogens with one attached hydrogen (secondary N) is 1. The van der Waals surface area contributed by atoms with Crippen LogP contribution in [-0.4, -0.2) is 23.5 Å². The average Bonchev–Trinajstić information content (AvgIpc) is 2.35. The van der Waals surface area contributed by atoms with Crippen LogP contribution in [0.2, 0.25) is 5.02 Å². The van der Waals surface area contributed by atoms with Gasteiger partial charge in [0.25, 0.3) is 5.91 Å². The number of carboxylic acid groups (broad SMARTS) is 1. The number of benzene rings is 1. The topological polar surface area (TPSA) is 66.4 Å². The number of hydrogen-bond donors (Lipinski definition) is 2. The average molecular weight is 312 g/mol. The SMILES string of the molecule is Cc1cc(Cl)cc(C(=O)NCCC(C)(C)CCC(=O)O)c1. The number of amides is 1. The Morgan fingerprint density at radius 1 is 1.24 bits per heavy atom. The van der Waals surface area contributed by atoms with Crippen molar-refractivity contribution < 1.29 is 14.7 Å². The smallest absolute Gasteiger partial charge is 0.303 e. The van der Waals surface area contributed by atoms with Crippen molar-refractivity contribution in [1.82, 2.24) is 5.32 Å². The van der Waals surface area contributed by atoms with Gasteiger partial charge in [-0.05, 0) is 48.9 Å². The Morgan fingerprint density at radius 3 is 2.48 bits per heavy atom. The zero-order valence-corrected chi connectivity index (χ0v) is 13.5. The van der Waals surface area contributed by atoms with Gasteiger partial charge in [0.1, 0.15) is 0 Å². The molecule has 2 N–H and O–H groups in total. The van der Waals surface area contributed by atoms with Gasteiger partial charge in [-0.3, -0.25) is 9.59 Å². The fraction of sp³-hybridized carbons (Fsp3) is 0.500. The molecule has 116 valence electrons. The molecule has 0 heterocycles. The molecule has 1 aromatic rings. The van der Waals surface area contributed by atoms with Crippen molar-refractivity contribution in [3.63, 3.8) is 0 Å². The molecule has 5 heteroatoms. The number of hydrogen-bond acceptors (Lipinski definition) is 2. The molecule has 0 radical (unpaired) electrons. The van der Waals surface area contributed by atoms with Crippen LogP contribution in [-0.2, 0) is 4.79 Å². The van der Waals surface area contributed by atoms with E-state index in [1.54, 1.807) is 18.2 Å². The highest BCUT2D eigenvalue weighted by molar-refractivity contribution is 6.31. The molecule has 0 saturated heterocycles. The zero-order valence-electron chi connectivity index (χ0n) is 12.7. The third kappa shape index (κ3) is 6.63. The van der Waals surface area contributed by atoms with Gasteiger partial charge in [0, 0.05) is 23.6 Å². The minimum absolute atomic E-state index is 0.115. The Bertz CT molecular complexity index is 506. The second-order valence-corrected chi connectivity index (χ2v) is 6.52. The van der Waals surface area contributed by atoms with Gasteiger partial charge in [0.05, 0.1) is 0 Å². The molecule has 0 atom stereocenters. The standard InChI is InChI=1S/C16H22ClNO3/c1-11-8-12(10-13(17)9-11)15(21)18-7-6-16(2,3)5-4-14(19)20/h8-10H,4-7H2,1-3H3,(H,18,21)(H,19,20). The Morgan fingerprint density at radius 2 is 1.90 bits per heavy atom. The van der Waals surface area contributed by atoms with E-state index in [9.17, 15) is 9.59 Å². The van der Waals surface area contributed by atoms with E-state index in [0.29, 0.717) is 23.6 Å². The number of aryl methyl sites for hydroxylation is 1. The van der Waals surface area contributed by atoms with E-state index in [4.69, 9.17) is 16.7 Å². The zero-order chi connectivity index (χ0) is 16.0. The molecular formula is C16H22ClNO3. The molecule has 0 bridgehead atoms. The van der Waals surface area contributed by atoms with E-state index in [2.05, 4.69) is 5.32 Å².